The van der Waals surface area contributed by atoms with Crippen molar-refractivity contribution in [2.24, 2.45) is 0 Å². The van der Waals surface area contributed by atoms with E-state index in [4.69, 9.17) is 4.42 Å². The third-order valence-electron chi connectivity index (χ3n) is 6.82. The highest BCUT2D eigenvalue weighted by atomic mass is 19.4. The third kappa shape index (κ3) is 4.31. The molecule has 194 valence electrons. The highest BCUT2D eigenvalue weighted by Crippen LogP contribution is 2.42. The van der Waals surface area contributed by atoms with Gasteiger partial charge in [-0.25, -0.2) is 4.79 Å². The number of nitrogens with zero attached hydrogens (tertiary/aromatic N) is 3. The number of benzene rings is 2. The number of halogens is 3. The molecule has 6 rings (SSSR count). The lowest BCUT2D eigenvalue weighted by Gasteiger charge is -2.38. The molecule has 0 spiro atoms. The van der Waals surface area contributed by atoms with Crippen molar-refractivity contribution < 1.29 is 27.2 Å². The largest absolute Gasteiger partial charge is 0.467 e. The molecule has 0 radical (unpaired) electrons. The number of aromatic nitrogens is 1. The number of hydrogen-bond acceptors (Lipinski definition) is 3. The summed E-state index contributed by atoms with van der Waals surface area (Å²) >= 11 is 0. The number of anilines is 2. The van der Waals surface area contributed by atoms with Crippen LogP contribution in [0, 0.1) is 0 Å². The molecule has 10 heteroatoms. The van der Waals surface area contributed by atoms with Crippen molar-refractivity contribution in [3.05, 3.63) is 102 Å². The Kier molecular flexibility index (Phi) is 5.74. The van der Waals surface area contributed by atoms with Crippen LogP contribution in [0.4, 0.5) is 29.3 Å². The van der Waals surface area contributed by atoms with Crippen LogP contribution in [0.5, 0.6) is 0 Å². The maximum atomic E-state index is 14.0. The highest BCUT2D eigenvalue weighted by Gasteiger charge is 2.41. The zero-order valence-corrected chi connectivity index (χ0v) is 20.1. The number of amides is 3. The quantitative estimate of drug-likeness (QED) is 0.340. The second-order valence-corrected chi connectivity index (χ2v) is 9.34. The maximum Gasteiger partial charge on any atom is 0.416 e. The summed E-state index contributed by atoms with van der Waals surface area (Å²) in [6, 6.07) is 18.0. The van der Waals surface area contributed by atoms with E-state index in [0.29, 0.717) is 11.4 Å². The maximum absolute atomic E-state index is 14.0. The van der Waals surface area contributed by atoms with Crippen molar-refractivity contribution in [2.75, 3.05) is 16.8 Å². The number of carbonyl (C=O) groups is 2. The molecule has 1 aliphatic heterocycles. The summed E-state index contributed by atoms with van der Waals surface area (Å²) in [6.45, 7) is -0.205. The van der Waals surface area contributed by atoms with E-state index in [9.17, 15) is 22.8 Å². The smallest absolute Gasteiger partial charge is 0.416 e. The van der Waals surface area contributed by atoms with Gasteiger partial charge in [-0.2, -0.15) is 13.2 Å². The fraction of sp³-hybridized carbons (Fsp3) is 0.214. The molecule has 2 aromatic heterocycles. The van der Waals surface area contributed by atoms with Crippen molar-refractivity contribution in [3.63, 3.8) is 0 Å². The van der Waals surface area contributed by atoms with Gasteiger partial charge in [0.25, 0.3) is 0 Å². The van der Waals surface area contributed by atoms with E-state index >= 15 is 0 Å². The molecule has 1 atom stereocenters. The Balaban J connectivity index is 1.29. The van der Waals surface area contributed by atoms with Gasteiger partial charge in [-0.1, -0.05) is 12.1 Å². The van der Waals surface area contributed by atoms with Crippen LogP contribution < -0.4 is 10.2 Å². The number of nitrogens with one attached hydrogen (secondary N) is 1. The van der Waals surface area contributed by atoms with Gasteiger partial charge in [0.2, 0.25) is 5.91 Å². The first-order chi connectivity index (χ1) is 18.3. The minimum absolute atomic E-state index is 0.126. The number of hydrogen-bond donors (Lipinski definition) is 1. The molecular weight excluding hydrogens is 497 g/mol. The van der Waals surface area contributed by atoms with Crippen molar-refractivity contribution >= 4 is 23.3 Å². The lowest BCUT2D eigenvalue weighted by Crippen LogP contribution is -2.48. The molecule has 1 aliphatic carbocycles. The molecule has 4 aromatic rings. The number of rotatable bonds is 5. The Hall–Kier alpha value is -4.47. The van der Waals surface area contributed by atoms with Crippen LogP contribution in [-0.2, 0) is 11.0 Å². The lowest BCUT2D eigenvalue weighted by atomic mass is 10.0. The van der Waals surface area contributed by atoms with Gasteiger partial charge in [-0.3, -0.25) is 9.69 Å². The van der Waals surface area contributed by atoms with Crippen LogP contribution in [0.1, 0.15) is 35.9 Å². The molecule has 1 fully saturated rings. The average molecular weight is 521 g/mol. The summed E-state index contributed by atoms with van der Waals surface area (Å²) in [5.74, 6) is 0.278. The monoisotopic (exact) mass is 520 g/mol. The molecule has 2 aromatic carbocycles. The second-order valence-electron chi connectivity index (χ2n) is 9.34. The Morgan fingerprint density at radius 1 is 0.947 bits per heavy atom. The minimum Gasteiger partial charge on any atom is -0.467 e. The molecule has 1 saturated carbocycles. The molecule has 3 amide bonds. The van der Waals surface area contributed by atoms with E-state index < -0.39 is 23.8 Å². The predicted octanol–water partition coefficient (Wildman–Crippen LogP) is 6.22. The SMILES string of the molecule is O=C(Nc1ccc(C(F)(F)F)cc1)N(CC(=O)N1c2ccccc2-n2cccc2C1c1ccco1)C1CC1. The number of alkyl halides is 3. The fourth-order valence-corrected chi connectivity index (χ4v) is 4.89. The third-order valence-corrected chi connectivity index (χ3v) is 6.82. The van der Waals surface area contributed by atoms with Crippen molar-refractivity contribution in [3.8, 4) is 5.69 Å². The first-order valence-electron chi connectivity index (χ1n) is 12.2. The Bertz CT molecular complexity index is 1470. The molecule has 1 unspecified atom stereocenters. The number of para-hydroxylation sites is 2. The van der Waals surface area contributed by atoms with Crippen LogP contribution in [-0.4, -0.2) is 34.0 Å². The van der Waals surface area contributed by atoms with Crippen molar-refractivity contribution in [1.82, 2.24) is 9.47 Å². The summed E-state index contributed by atoms with van der Waals surface area (Å²) in [7, 11) is 0. The number of fused-ring (bicyclic) bond motifs is 3. The van der Waals surface area contributed by atoms with E-state index in [1.165, 1.54) is 17.0 Å². The van der Waals surface area contributed by atoms with Gasteiger partial charge in [0.05, 0.1) is 28.9 Å². The fourth-order valence-electron chi connectivity index (χ4n) is 4.89. The van der Waals surface area contributed by atoms with Gasteiger partial charge in [-0.15, -0.1) is 0 Å². The number of urea groups is 1. The minimum atomic E-state index is -4.47. The first kappa shape index (κ1) is 23.9. The van der Waals surface area contributed by atoms with E-state index in [-0.39, 0.29) is 24.2 Å². The molecular formula is C28H23F3N4O3. The normalized spacial score (nSPS) is 16.5. The highest BCUT2D eigenvalue weighted by molar-refractivity contribution is 6.01. The van der Waals surface area contributed by atoms with Gasteiger partial charge >= 0.3 is 12.2 Å². The summed E-state index contributed by atoms with van der Waals surface area (Å²) in [5.41, 5.74) is 1.77. The molecule has 2 aliphatic rings. The lowest BCUT2D eigenvalue weighted by molar-refractivity contribution is -0.137. The molecule has 7 nitrogen and oxygen atoms in total. The topological polar surface area (TPSA) is 70.7 Å². The van der Waals surface area contributed by atoms with Crippen molar-refractivity contribution in [2.45, 2.75) is 31.1 Å². The number of carbonyl (C=O) groups excluding carboxylic acids is 2. The van der Waals surface area contributed by atoms with Crippen LogP contribution in [0.25, 0.3) is 5.69 Å². The standard InChI is InChI=1S/C28H23F3N4O3/c29-28(30,31)18-9-11-19(12-10-18)32-27(37)34(20-13-14-20)17-25(36)35-22-6-2-1-5-21(22)33-15-3-7-23(33)26(35)24-8-4-16-38-24/h1-12,15-16,20,26H,13-14,17H2,(H,32,37). The summed E-state index contributed by atoms with van der Waals surface area (Å²) in [5, 5.41) is 2.65. The van der Waals surface area contributed by atoms with Gasteiger partial charge in [0.1, 0.15) is 18.3 Å². The van der Waals surface area contributed by atoms with Gasteiger partial charge in [-0.05, 0) is 73.5 Å². The molecule has 38 heavy (non-hydrogen) atoms. The van der Waals surface area contributed by atoms with Gasteiger partial charge in [0, 0.05) is 17.9 Å². The molecule has 0 saturated heterocycles. The molecule has 0 bridgehead atoms. The number of furan rings is 1. The average Bonchev–Trinajstić information content (AvgIpc) is 3.36. The van der Waals surface area contributed by atoms with E-state index in [1.807, 2.05) is 53.2 Å². The Morgan fingerprint density at radius 3 is 2.34 bits per heavy atom. The summed E-state index contributed by atoms with van der Waals surface area (Å²) < 4.78 is 46.5. The summed E-state index contributed by atoms with van der Waals surface area (Å²) in [4.78, 5) is 30.3. The van der Waals surface area contributed by atoms with Crippen LogP contribution in [0.15, 0.2) is 89.7 Å². The van der Waals surface area contributed by atoms with E-state index in [0.717, 1.165) is 36.4 Å². The van der Waals surface area contributed by atoms with Crippen molar-refractivity contribution in [1.29, 1.82) is 0 Å². The zero-order chi connectivity index (χ0) is 26.4. The molecule has 1 N–H and O–H groups in total. The van der Waals surface area contributed by atoms with E-state index in [1.54, 1.807) is 17.2 Å². The second kappa shape index (κ2) is 9.13. The zero-order valence-electron chi connectivity index (χ0n) is 20.1. The van der Waals surface area contributed by atoms with Gasteiger partial charge in [0.15, 0.2) is 0 Å². The Labute approximate surface area is 216 Å². The predicted molar refractivity (Wildman–Crippen MR) is 134 cm³/mol. The van der Waals surface area contributed by atoms with Gasteiger partial charge < -0.3 is 19.2 Å². The van der Waals surface area contributed by atoms with Crippen LogP contribution >= 0.6 is 0 Å². The first-order valence-corrected chi connectivity index (χ1v) is 12.2. The van der Waals surface area contributed by atoms with E-state index in [2.05, 4.69) is 5.32 Å². The molecule has 3 heterocycles. The Morgan fingerprint density at radius 2 is 1.68 bits per heavy atom. The van der Waals surface area contributed by atoms with Crippen LogP contribution in [0.3, 0.4) is 0 Å². The summed E-state index contributed by atoms with van der Waals surface area (Å²) in [6.07, 6.45) is 0.507. The van der Waals surface area contributed by atoms with Crippen LogP contribution in [0.2, 0.25) is 0 Å².